The van der Waals surface area contributed by atoms with Gasteiger partial charge in [0.25, 0.3) is 0 Å². The van der Waals surface area contributed by atoms with Gasteiger partial charge in [0.1, 0.15) is 5.75 Å². The molecule has 2 aromatic carbocycles. The number of piperidine rings is 1. The molecule has 0 aliphatic carbocycles. The van der Waals surface area contributed by atoms with Crippen LogP contribution in [0, 0.1) is 5.92 Å². The zero-order valence-corrected chi connectivity index (χ0v) is 17.6. The van der Waals surface area contributed by atoms with Crippen LogP contribution in [0.15, 0.2) is 54.6 Å². The maximum atomic E-state index is 12.8. The number of benzene rings is 2. The first-order valence-corrected chi connectivity index (χ1v) is 10.3. The predicted molar refractivity (Wildman–Crippen MR) is 115 cm³/mol. The van der Waals surface area contributed by atoms with E-state index in [0.717, 1.165) is 30.6 Å². The molecule has 3 nitrogen and oxygen atoms in total. The number of hydrogen-bond donors (Lipinski definition) is 1. The summed E-state index contributed by atoms with van der Waals surface area (Å²) in [5, 5.41) is 3.69. The van der Waals surface area contributed by atoms with E-state index in [1.54, 1.807) is 0 Å². The second-order valence-corrected chi connectivity index (χ2v) is 9.40. The lowest BCUT2D eigenvalue weighted by molar-refractivity contribution is 0.0864. The Balaban J connectivity index is 1.52. The van der Waals surface area contributed by atoms with Crippen LogP contribution in [0.4, 0.5) is 0 Å². The summed E-state index contributed by atoms with van der Waals surface area (Å²) in [7, 11) is 0. The van der Waals surface area contributed by atoms with E-state index in [9.17, 15) is 4.79 Å². The molecule has 1 fully saturated rings. The minimum absolute atomic E-state index is 0.0726. The van der Waals surface area contributed by atoms with E-state index in [2.05, 4.69) is 45.1 Å². The standard InChI is InChI=1S/C25H33NO2/c1-24(2)17-20(18-25(3,4)26-24)16-23(27)21-10-12-22(13-11-21)28-15-14-19-8-6-5-7-9-19/h5-13,20,26H,14-18H2,1-4H3. The average molecular weight is 380 g/mol. The van der Waals surface area contributed by atoms with Crippen molar-refractivity contribution in [2.75, 3.05) is 6.61 Å². The molecule has 0 radical (unpaired) electrons. The van der Waals surface area contributed by atoms with Gasteiger partial charge in [-0.1, -0.05) is 30.3 Å². The van der Waals surface area contributed by atoms with Crippen LogP contribution in [0.3, 0.4) is 0 Å². The summed E-state index contributed by atoms with van der Waals surface area (Å²) in [6.45, 7) is 9.55. The van der Waals surface area contributed by atoms with Crippen molar-refractivity contribution in [3.8, 4) is 5.75 Å². The first kappa shape index (κ1) is 20.6. The maximum absolute atomic E-state index is 12.8. The van der Waals surface area contributed by atoms with Crippen molar-refractivity contribution in [1.82, 2.24) is 5.32 Å². The molecule has 2 aromatic rings. The Bertz CT molecular complexity index is 762. The van der Waals surface area contributed by atoms with Crippen molar-refractivity contribution in [3.63, 3.8) is 0 Å². The molecule has 0 spiro atoms. The molecule has 0 aromatic heterocycles. The Morgan fingerprint density at radius 3 is 2.18 bits per heavy atom. The molecule has 1 N–H and O–H groups in total. The Hall–Kier alpha value is -2.13. The van der Waals surface area contributed by atoms with Crippen LogP contribution < -0.4 is 10.1 Å². The van der Waals surface area contributed by atoms with Gasteiger partial charge in [0, 0.05) is 29.5 Å². The monoisotopic (exact) mass is 379 g/mol. The number of hydrogen-bond acceptors (Lipinski definition) is 3. The van der Waals surface area contributed by atoms with Crippen LogP contribution in [0.2, 0.25) is 0 Å². The fourth-order valence-electron chi connectivity index (χ4n) is 4.73. The molecule has 0 amide bonds. The van der Waals surface area contributed by atoms with Crippen molar-refractivity contribution < 1.29 is 9.53 Å². The Kier molecular flexibility index (Phi) is 6.24. The zero-order valence-electron chi connectivity index (χ0n) is 17.6. The van der Waals surface area contributed by atoms with Gasteiger partial charge in [-0.2, -0.15) is 0 Å². The molecule has 1 heterocycles. The molecule has 3 heteroatoms. The molecule has 1 aliphatic rings. The van der Waals surface area contributed by atoms with Crippen LogP contribution in [-0.2, 0) is 6.42 Å². The summed E-state index contributed by atoms with van der Waals surface area (Å²) in [5.41, 5.74) is 2.19. The van der Waals surface area contributed by atoms with Crippen LogP contribution in [-0.4, -0.2) is 23.5 Å². The second kappa shape index (κ2) is 8.48. The summed E-state index contributed by atoms with van der Waals surface area (Å²) in [5.74, 6) is 1.46. The maximum Gasteiger partial charge on any atom is 0.163 e. The largest absolute Gasteiger partial charge is 0.493 e. The Morgan fingerprint density at radius 2 is 1.57 bits per heavy atom. The number of rotatable bonds is 7. The lowest BCUT2D eigenvalue weighted by Gasteiger charge is -2.46. The molecule has 0 unspecified atom stereocenters. The highest BCUT2D eigenvalue weighted by Gasteiger charge is 2.38. The first-order valence-electron chi connectivity index (χ1n) is 10.3. The van der Waals surface area contributed by atoms with Crippen LogP contribution in [0.25, 0.3) is 0 Å². The van der Waals surface area contributed by atoms with E-state index < -0.39 is 0 Å². The van der Waals surface area contributed by atoms with E-state index in [0.29, 0.717) is 18.9 Å². The van der Waals surface area contributed by atoms with Gasteiger partial charge in [-0.3, -0.25) is 4.79 Å². The molecule has 150 valence electrons. The summed E-state index contributed by atoms with van der Waals surface area (Å²) in [4.78, 5) is 12.8. The van der Waals surface area contributed by atoms with Crippen LogP contribution in [0.5, 0.6) is 5.75 Å². The van der Waals surface area contributed by atoms with Gasteiger partial charge in [0.2, 0.25) is 0 Å². The van der Waals surface area contributed by atoms with Gasteiger partial charge in [0.15, 0.2) is 5.78 Å². The lowest BCUT2D eigenvalue weighted by atomic mass is 9.74. The van der Waals surface area contributed by atoms with E-state index in [1.807, 2.05) is 42.5 Å². The highest BCUT2D eigenvalue weighted by atomic mass is 16.5. The van der Waals surface area contributed by atoms with Gasteiger partial charge in [-0.15, -0.1) is 0 Å². The third kappa shape index (κ3) is 5.93. The molecule has 0 bridgehead atoms. The average Bonchev–Trinajstić information content (AvgIpc) is 2.60. The number of carbonyl (C=O) groups is 1. The number of ether oxygens (including phenoxy) is 1. The minimum Gasteiger partial charge on any atom is -0.493 e. The van der Waals surface area contributed by atoms with Crippen molar-refractivity contribution in [2.24, 2.45) is 5.92 Å². The van der Waals surface area contributed by atoms with Crippen molar-refractivity contribution in [1.29, 1.82) is 0 Å². The molecule has 28 heavy (non-hydrogen) atoms. The fourth-order valence-corrected chi connectivity index (χ4v) is 4.73. The summed E-state index contributed by atoms with van der Waals surface area (Å²) >= 11 is 0. The number of carbonyl (C=O) groups excluding carboxylic acids is 1. The fraction of sp³-hybridized carbons (Fsp3) is 0.480. The highest BCUT2D eigenvalue weighted by Crippen LogP contribution is 2.35. The van der Waals surface area contributed by atoms with Gasteiger partial charge in [0.05, 0.1) is 6.61 Å². The second-order valence-electron chi connectivity index (χ2n) is 9.40. The smallest absolute Gasteiger partial charge is 0.163 e. The molecular weight excluding hydrogens is 346 g/mol. The van der Waals surface area contributed by atoms with E-state index in [-0.39, 0.29) is 16.9 Å². The number of nitrogens with one attached hydrogen (secondary N) is 1. The molecule has 0 saturated carbocycles. The summed E-state index contributed by atoms with van der Waals surface area (Å²) in [6.07, 6.45) is 3.55. The molecule has 1 saturated heterocycles. The Morgan fingerprint density at radius 1 is 0.964 bits per heavy atom. The van der Waals surface area contributed by atoms with Gasteiger partial charge in [-0.25, -0.2) is 0 Å². The summed E-state index contributed by atoms with van der Waals surface area (Å²) in [6, 6.07) is 17.9. The molecule has 0 atom stereocenters. The van der Waals surface area contributed by atoms with Crippen LogP contribution >= 0.6 is 0 Å². The van der Waals surface area contributed by atoms with Crippen molar-refractivity contribution >= 4 is 5.78 Å². The molecule has 1 aliphatic heterocycles. The normalized spacial score (nSPS) is 18.6. The first-order chi connectivity index (χ1) is 13.2. The Labute approximate surface area is 169 Å². The molecular formula is C25H33NO2. The van der Waals surface area contributed by atoms with E-state index in [4.69, 9.17) is 4.74 Å². The lowest BCUT2D eigenvalue weighted by Crippen LogP contribution is -2.57. The quantitative estimate of drug-likeness (QED) is 0.651. The predicted octanol–water partition coefficient (Wildman–Crippen LogP) is 5.44. The SMILES string of the molecule is CC1(C)CC(CC(=O)c2ccc(OCCc3ccccc3)cc2)CC(C)(C)N1. The van der Waals surface area contributed by atoms with Gasteiger partial charge >= 0.3 is 0 Å². The number of Topliss-reactive ketones (excluding diaryl/α,β-unsaturated/α-hetero) is 1. The highest BCUT2D eigenvalue weighted by molar-refractivity contribution is 5.96. The van der Waals surface area contributed by atoms with E-state index >= 15 is 0 Å². The van der Waals surface area contributed by atoms with Gasteiger partial charge in [-0.05, 0) is 76.3 Å². The van der Waals surface area contributed by atoms with Gasteiger partial charge < -0.3 is 10.1 Å². The third-order valence-electron chi connectivity index (χ3n) is 5.43. The molecule has 3 rings (SSSR count). The van der Waals surface area contributed by atoms with E-state index in [1.165, 1.54) is 5.56 Å². The summed E-state index contributed by atoms with van der Waals surface area (Å²) < 4.78 is 5.83. The topological polar surface area (TPSA) is 38.3 Å². The zero-order chi connectivity index (χ0) is 20.2. The minimum atomic E-state index is 0.0726. The van der Waals surface area contributed by atoms with Crippen molar-refractivity contribution in [2.45, 2.75) is 64.5 Å². The van der Waals surface area contributed by atoms with Crippen LogP contribution in [0.1, 0.15) is 62.9 Å². The van der Waals surface area contributed by atoms with Crippen molar-refractivity contribution in [3.05, 3.63) is 65.7 Å². The third-order valence-corrected chi connectivity index (χ3v) is 5.43. The number of ketones is 1.